The Labute approximate surface area is 134 Å². The number of benzene rings is 2. The highest BCUT2D eigenvalue weighted by atomic mass is 127. The largest absolute Gasteiger partial charge is 0.292 e. The van der Waals surface area contributed by atoms with Gasteiger partial charge in [-0.2, -0.15) is 0 Å². The van der Waals surface area contributed by atoms with E-state index in [4.69, 9.17) is 11.6 Å². The molecule has 1 atom stereocenters. The average Bonchev–Trinajstić information content (AvgIpc) is 2.78. The van der Waals surface area contributed by atoms with Crippen molar-refractivity contribution >= 4 is 45.2 Å². The summed E-state index contributed by atoms with van der Waals surface area (Å²) in [6.45, 7) is 1.84. The number of aromatic nitrogens is 2. The van der Waals surface area contributed by atoms with Crippen LogP contribution in [-0.2, 0) is 0 Å². The van der Waals surface area contributed by atoms with Gasteiger partial charge >= 0.3 is 0 Å². The number of alkyl halides is 1. The second-order valence-corrected chi connectivity index (χ2v) is 6.41. The summed E-state index contributed by atoms with van der Waals surface area (Å²) in [6, 6.07) is 12.5. The summed E-state index contributed by atoms with van der Waals surface area (Å²) in [6.07, 6.45) is 0. The monoisotopic (exact) mass is 400 g/mol. The molecule has 0 saturated heterocycles. The highest BCUT2D eigenvalue weighted by Gasteiger charge is 2.18. The highest BCUT2D eigenvalue weighted by Crippen LogP contribution is 2.29. The maximum absolute atomic E-state index is 14.1. The van der Waals surface area contributed by atoms with Gasteiger partial charge in [-0.25, -0.2) is 9.37 Å². The van der Waals surface area contributed by atoms with Gasteiger partial charge in [-0.15, -0.1) is 11.6 Å². The van der Waals surface area contributed by atoms with Crippen molar-refractivity contribution in [3.63, 3.8) is 0 Å². The Morgan fingerprint density at radius 2 is 2.00 bits per heavy atom. The van der Waals surface area contributed by atoms with Crippen molar-refractivity contribution in [2.24, 2.45) is 0 Å². The zero-order valence-electron chi connectivity index (χ0n) is 10.6. The molecule has 3 aromatic rings. The van der Waals surface area contributed by atoms with Crippen LogP contribution < -0.4 is 0 Å². The Morgan fingerprint density at radius 3 is 2.70 bits per heavy atom. The predicted octanol–water partition coefficient (Wildman–Crippen LogP) is 5.07. The minimum atomic E-state index is -0.306. The third-order valence-corrected chi connectivity index (χ3v) is 3.96. The fourth-order valence-corrected chi connectivity index (χ4v) is 2.85. The van der Waals surface area contributed by atoms with Gasteiger partial charge in [0.05, 0.1) is 22.1 Å². The minimum absolute atomic E-state index is 0.288. The van der Waals surface area contributed by atoms with E-state index < -0.39 is 0 Å². The molecule has 2 nitrogen and oxygen atoms in total. The number of para-hydroxylation sites is 1. The number of nitrogens with zero attached hydrogens (tertiary/aromatic N) is 2. The van der Waals surface area contributed by atoms with E-state index in [1.54, 1.807) is 22.8 Å². The molecule has 0 radical (unpaired) electrons. The van der Waals surface area contributed by atoms with Gasteiger partial charge in [0.1, 0.15) is 11.6 Å². The van der Waals surface area contributed by atoms with Gasteiger partial charge in [0, 0.05) is 3.57 Å². The number of imidazole rings is 1. The van der Waals surface area contributed by atoms with Crippen LogP contribution in [0.4, 0.5) is 4.39 Å². The molecule has 1 heterocycles. The zero-order valence-corrected chi connectivity index (χ0v) is 13.6. The first-order valence-electron chi connectivity index (χ1n) is 6.15. The molecule has 102 valence electrons. The number of fused-ring (bicyclic) bond motifs is 1. The van der Waals surface area contributed by atoms with Crippen LogP contribution in [0, 0.1) is 9.39 Å². The van der Waals surface area contributed by atoms with Crippen molar-refractivity contribution in [3.8, 4) is 5.69 Å². The fourth-order valence-electron chi connectivity index (χ4n) is 2.23. The molecule has 0 fully saturated rings. The van der Waals surface area contributed by atoms with Crippen LogP contribution >= 0.6 is 34.2 Å². The third kappa shape index (κ3) is 2.31. The molecule has 0 bridgehead atoms. The van der Waals surface area contributed by atoms with E-state index in [2.05, 4.69) is 27.6 Å². The highest BCUT2D eigenvalue weighted by molar-refractivity contribution is 14.1. The quantitative estimate of drug-likeness (QED) is 0.434. The van der Waals surface area contributed by atoms with E-state index in [0.29, 0.717) is 11.5 Å². The molecule has 0 amide bonds. The molecule has 0 spiro atoms. The van der Waals surface area contributed by atoms with E-state index in [1.807, 2.05) is 25.1 Å². The lowest BCUT2D eigenvalue weighted by Crippen LogP contribution is -2.03. The number of hydrogen-bond acceptors (Lipinski definition) is 1. The number of rotatable bonds is 2. The Hall–Kier alpha value is -1.14. The molecule has 20 heavy (non-hydrogen) atoms. The van der Waals surface area contributed by atoms with Crippen molar-refractivity contribution in [2.45, 2.75) is 12.3 Å². The zero-order chi connectivity index (χ0) is 14.3. The van der Waals surface area contributed by atoms with E-state index in [0.717, 1.165) is 14.6 Å². The van der Waals surface area contributed by atoms with Crippen LogP contribution in [0.25, 0.3) is 16.7 Å². The molecule has 0 saturated carbocycles. The lowest BCUT2D eigenvalue weighted by molar-refractivity contribution is 0.616. The molecule has 0 N–H and O–H groups in total. The number of halogens is 3. The molecule has 2 aromatic carbocycles. The van der Waals surface area contributed by atoms with Gasteiger partial charge in [-0.05, 0) is 59.8 Å². The first kappa shape index (κ1) is 13.8. The first-order chi connectivity index (χ1) is 9.58. The van der Waals surface area contributed by atoms with Gasteiger partial charge in [0.15, 0.2) is 0 Å². The summed E-state index contributed by atoms with van der Waals surface area (Å²) >= 11 is 8.45. The molecule has 1 unspecified atom stereocenters. The molecular weight excluding hydrogens is 390 g/mol. The molecule has 5 heteroatoms. The lowest BCUT2D eigenvalue weighted by Gasteiger charge is -2.11. The fraction of sp³-hybridized carbons (Fsp3) is 0.133. The second kappa shape index (κ2) is 5.33. The van der Waals surface area contributed by atoms with E-state index in [-0.39, 0.29) is 11.2 Å². The Balaban J connectivity index is 2.38. The van der Waals surface area contributed by atoms with Crippen LogP contribution in [0.1, 0.15) is 18.1 Å². The Bertz CT molecular complexity index is 783. The maximum atomic E-state index is 14.1. The van der Waals surface area contributed by atoms with Crippen LogP contribution in [0.2, 0.25) is 0 Å². The van der Waals surface area contributed by atoms with Crippen LogP contribution in [0.15, 0.2) is 42.5 Å². The summed E-state index contributed by atoms with van der Waals surface area (Å²) in [5, 5.41) is -0.306. The summed E-state index contributed by atoms with van der Waals surface area (Å²) in [5.74, 6) is 0.359. The average molecular weight is 401 g/mol. The SMILES string of the molecule is CC(Cl)c1nc2cc(I)ccc2n1-c1ccccc1F. The van der Waals surface area contributed by atoms with E-state index in [1.165, 1.54) is 6.07 Å². The smallest absolute Gasteiger partial charge is 0.147 e. The first-order valence-corrected chi connectivity index (χ1v) is 7.66. The van der Waals surface area contributed by atoms with Gasteiger partial charge in [0.25, 0.3) is 0 Å². The van der Waals surface area contributed by atoms with Crippen LogP contribution in [0.5, 0.6) is 0 Å². The molecule has 1 aromatic heterocycles. The van der Waals surface area contributed by atoms with Crippen molar-refractivity contribution < 1.29 is 4.39 Å². The third-order valence-electron chi connectivity index (χ3n) is 3.09. The van der Waals surface area contributed by atoms with Gasteiger partial charge < -0.3 is 0 Å². The molecule has 0 aliphatic carbocycles. The van der Waals surface area contributed by atoms with Gasteiger partial charge in [-0.1, -0.05) is 12.1 Å². The lowest BCUT2D eigenvalue weighted by atomic mass is 10.2. The topological polar surface area (TPSA) is 17.8 Å². The normalized spacial score (nSPS) is 12.8. The van der Waals surface area contributed by atoms with Crippen molar-refractivity contribution in [3.05, 3.63) is 57.7 Å². The Kier molecular flexibility index (Phi) is 3.69. The van der Waals surface area contributed by atoms with E-state index >= 15 is 0 Å². The minimum Gasteiger partial charge on any atom is -0.292 e. The molecule has 3 rings (SSSR count). The molecule has 0 aliphatic heterocycles. The van der Waals surface area contributed by atoms with Crippen molar-refractivity contribution in [1.82, 2.24) is 9.55 Å². The summed E-state index contributed by atoms with van der Waals surface area (Å²) in [7, 11) is 0. The van der Waals surface area contributed by atoms with Crippen LogP contribution in [-0.4, -0.2) is 9.55 Å². The van der Waals surface area contributed by atoms with Gasteiger partial charge in [-0.3, -0.25) is 4.57 Å². The predicted molar refractivity (Wildman–Crippen MR) is 88.0 cm³/mol. The second-order valence-electron chi connectivity index (χ2n) is 4.51. The maximum Gasteiger partial charge on any atom is 0.147 e. The van der Waals surface area contributed by atoms with Gasteiger partial charge in [0.2, 0.25) is 0 Å². The summed E-state index contributed by atoms with van der Waals surface area (Å²) in [4.78, 5) is 4.55. The standard InChI is InChI=1S/C15H11ClFIN2/c1-9(16)15-19-12-8-10(18)6-7-14(12)20(15)13-5-3-2-4-11(13)17/h2-9H,1H3. The molecular formula is C15H11ClFIN2. The van der Waals surface area contributed by atoms with Crippen molar-refractivity contribution in [1.29, 1.82) is 0 Å². The molecule has 0 aliphatic rings. The Morgan fingerprint density at radius 1 is 1.25 bits per heavy atom. The van der Waals surface area contributed by atoms with Crippen molar-refractivity contribution in [2.75, 3.05) is 0 Å². The van der Waals surface area contributed by atoms with E-state index in [9.17, 15) is 4.39 Å². The summed E-state index contributed by atoms with van der Waals surface area (Å²) < 4.78 is 17.0. The number of hydrogen-bond donors (Lipinski definition) is 0. The summed E-state index contributed by atoms with van der Waals surface area (Å²) in [5.41, 5.74) is 2.15. The van der Waals surface area contributed by atoms with Crippen LogP contribution in [0.3, 0.4) is 0 Å².